The summed E-state index contributed by atoms with van der Waals surface area (Å²) in [6.45, 7) is 12.1. The van der Waals surface area contributed by atoms with Crippen LogP contribution >= 0.6 is 23.4 Å². The molecule has 3 saturated heterocycles. The molecule has 2 atom stereocenters. The van der Waals surface area contributed by atoms with Gasteiger partial charge in [0.15, 0.2) is 0 Å². The van der Waals surface area contributed by atoms with Crippen LogP contribution in [0.1, 0.15) is 87.1 Å². The van der Waals surface area contributed by atoms with E-state index in [1.165, 1.54) is 42.2 Å². The number of halogens is 4. The molecule has 3 heterocycles. The molecule has 17 nitrogen and oxygen atoms in total. The quantitative estimate of drug-likeness (QED) is 0.0343. The molecule has 0 aromatic heterocycles. The van der Waals surface area contributed by atoms with Gasteiger partial charge in [0.1, 0.15) is 4.90 Å². The molecule has 0 saturated carbocycles. The van der Waals surface area contributed by atoms with E-state index in [0.717, 1.165) is 99.5 Å². The first kappa shape index (κ1) is 66.2. The van der Waals surface area contributed by atoms with Gasteiger partial charge in [-0.15, -0.1) is 11.8 Å². The first-order valence-corrected chi connectivity index (χ1v) is 35.0. The summed E-state index contributed by atoms with van der Waals surface area (Å²) in [6.07, 6.45) is 7.07. The first-order chi connectivity index (χ1) is 40.5. The molecule has 466 valence electrons. The van der Waals surface area contributed by atoms with Crippen LogP contribution in [0.25, 0.3) is 5.57 Å². The number of unbranched alkanes of at least 4 members (excludes halogenated alkanes) is 3. The summed E-state index contributed by atoms with van der Waals surface area (Å²) in [5, 5.41) is 3.68. The van der Waals surface area contributed by atoms with Gasteiger partial charge in [0.05, 0.1) is 30.1 Å². The van der Waals surface area contributed by atoms with Crippen molar-refractivity contribution in [1.29, 1.82) is 0 Å². The largest absolute Gasteiger partial charge is 0.501 e. The molecule has 4 aliphatic rings. The summed E-state index contributed by atoms with van der Waals surface area (Å²) in [6, 6.07) is 25.6. The van der Waals surface area contributed by atoms with Crippen LogP contribution in [-0.4, -0.2) is 185 Å². The van der Waals surface area contributed by atoms with Gasteiger partial charge in [-0.3, -0.25) is 14.5 Å². The molecular weight excluding hydrogens is 1200 g/mol. The molecule has 0 bridgehead atoms. The number of benzene rings is 4. The van der Waals surface area contributed by atoms with Crippen molar-refractivity contribution in [3.8, 4) is 0 Å². The van der Waals surface area contributed by atoms with Crippen LogP contribution in [0.15, 0.2) is 117 Å². The van der Waals surface area contributed by atoms with E-state index in [1.807, 2.05) is 47.2 Å². The number of sulfone groups is 1. The van der Waals surface area contributed by atoms with Gasteiger partial charge in [-0.1, -0.05) is 67.3 Å². The summed E-state index contributed by atoms with van der Waals surface area (Å²) in [4.78, 5) is 32.9. The molecule has 4 aromatic carbocycles. The Morgan fingerprint density at radius 1 is 0.788 bits per heavy atom. The second-order valence-corrected chi connectivity index (χ2v) is 29.9. The number of piperazine rings is 2. The van der Waals surface area contributed by atoms with Gasteiger partial charge in [-0.25, -0.2) is 30.0 Å². The standard InChI is InChI=1S/C60H79ClF3N7O10S4/c1-59(45-69-31-35-71(36-32-69)83(74,75)40-9-4-3-8-13-57(72)80-2)26-24-54(46-14-18-49(61)19-15-46)48(42-59)43-68-29-33-70(34-30-68)51-20-16-47(17-21-51)58(73)66-85(78,79)53-22-23-55(56(41-53)84(76,77)60(62,63)64)65-50(44-82-52-11-6-5-7-12-52)25-28-67-27-10-38-81-39-37-67/h5-7,11-12,14-23,41,50,65H,3-4,8-10,13,24-40,42-45H2,1-2H3,(H,66,73)/t50-,59-/m1/s1. The smallest absolute Gasteiger partial charge is 0.469 e. The number of hydrogen-bond acceptors (Lipinski definition) is 16. The van der Waals surface area contributed by atoms with Gasteiger partial charge < -0.3 is 29.5 Å². The Kier molecular flexibility index (Phi) is 23.3. The van der Waals surface area contributed by atoms with Crippen molar-refractivity contribution in [2.24, 2.45) is 5.41 Å². The average molecular weight is 1280 g/mol. The maximum atomic E-state index is 14.4. The maximum absolute atomic E-state index is 14.4. The Hall–Kier alpha value is -4.76. The first-order valence-electron chi connectivity index (χ1n) is 29.1. The van der Waals surface area contributed by atoms with Gasteiger partial charge in [-0.2, -0.15) is 17.5 Å². The van der Waals surface area contributed by atoms with Crippen molar-refractivity contribution < 1.29 is 57.5 Å². The monoisotopic (exact) mass is 1280 g/mol. The predicted molar refractivity (Wildman–Crippen MR) is 328 cm³/mol. The molecule has 1 aliphatic carbocycles. The second kappa shape index (κ2) is 30.0. The van der Waals surface area contributed by atoms with Crippen molar-refractivity contribution in [1.82, 2.24) is 23.7 Å². The van der Waals surface area contributed by atoms with Crippen LogP contribution in [0.4, 0.5) is 24.5 Å². The molecule has 25 heteroatoms. The average Bonchev–Trinajstić information content (AvgIpc) is 2.24. The molecule has 0 radical (unpaired) electrons. The number of carbonyl (C=O) groups excluding carboxylic acids is 2. The number of nitrogens with one attached hydrogen (secondary N) is 2. The van der Waals surface area contributed by atoms with Crippen molar-refractivity contribution in [2.45, 2.75) is 97.4 Å². The third-order valence-electron chi connectivity index (χ3n) is 16.4. The number of thioether (sulfide) groups is 1. The van der Waals surface area contributed by atoms with Gasteiger partial charge in [0.2, 0.25) is 10.0 Å². The Morgan fingerprint density at radius 3 is 2.18 bits per heavy atom. The summed E-state index contributed by atoms with van der Waals surface area (Å²) < 4.78 is 137. The zero-order valence-electron chi connectivity index (χ0n) is 48.4. The number of anilines is 2. The number of nitrogens with zero attached hydrogens (tertiary/aromatic N) is 5. The Morgan fingerprint density at radius 2 is 1.48 bits per heavy atom. The van der Waals surface area contributed by atoms with Crippen LogP contribution in [-0.2, 0) is 44.2 Å². The van der Waals surface area contributed by atoms with Gasteiger partial charge in [0.25, 0.3) is 25.8 Å². The maximum Gasteiger partial charge on any atom is 0.501 e. The summed E-state index contributed by atoms with van der Waals surface area (Å²) in [5.74, 6) is -0.852. The van der Waals surface area contributed by atoms with Gasteiger partial charge >= 0.3 is 11.5 Å². The molecule has 0 spiro atoms. The SMILES string of the molecule is COC(=O)CCCCCCS(=O)(=O)N1CCN(C[C@]2(C)CCC(c3ccc(Cl)cc3)=C(CN3CCN(c4ccc(C(=O)NS(=O)(=O)c5ccc(N[C@H](CCN6CCCOCC6)CSc6ccccc6)c(S(=O)(=O)C(F)(F)F)c5)cc4)CC3)C2)CC1. The lowest BCUT2D eigenvalue weighted by Gasteiger charge is -2.44. The number of rotatable bonds is 26. The lowest BCUT2D eigenvalue weighted by atomic mass is 9.71. The number of alkyl halides is 3. The fourth-order valence-corrected chi connectivity index (χ4v) is 16.3. The van der Waals surface area contributed by atoms with E-state index in [0.29, 0.717) is 108 Å². The van der Waals surface area contributed by atoms with Crippen molar-refractivity contribution >= 4 is 82.1 Å². The molecule has 4 aromatic rings. The summed E-state index contributed by atoms with van der Waals surface area (Å²) in [5.41, 5.74) is -1.63. The van der Waals surface area contributed by atoms with Crippen molar-refractivity contribution in [3.05, 3.63) is 119 Å². The van der Waals surface area contributed by atoms with E-state index in [1.54, 1.807) is 16.4 Å². The molecule has 2 N–H and O–H groups in total. The van der Waals surface area contributed by atoms with Crippen LogP contribution in [0.3, 0.4) is 0 Å². The highest BCUT2D eigenvalue weighted by Gasteiger charge is 2.49. The number of ether oxygens (including phenoxy) is 2. The van der Waals surface area contributed by atoms with Crippen LogP contribution in [0.2, 0.25) is 5.02 Å². The fourth-order valence-electron chi connectivity index (χ4n) is 11.6. The Bertz CT molecular complexity index is 3250. The normalized spacial score (nSPS) is 19.8. The molecule has 8 rings (SSSR count). The van der Waals surface area contributed by atoms with Crippen LogP contribution in [0.5, 0.6) is 0 Å². The summed E-state index contributed by atoms with van der Waals surface area (Å²) >= 11 is 7.78. The van der Waals surface area contributed by atoms with Gasteiger partial charge in [0, 0.05) is 131 Å². The highest BCUT2D eigenvalue weighted by atomic mass is 35.5. The number of esters is 1. The predicted octanol–water partition coefficient (Wildman–Crippen LogP) is 9.27. The van der Waals surface area contributed by atoms with E-state index in [9.17, 15) is 48.0 Å². The molecular formula is C60H79ClF3N7O10S4. The molecule has 3 aliphatic heterocycles. The van der Waals surface area contributed by atoms with Crippen molar-refractivity contribution in [2.75, 3.05) is 127 Å². The number of hydrogen-bond donors (Lipinski definition) is 2. The third kappa shape index (κ3) is 18.6. The molecule has 3 fully saturated rings. The second-order valence-electron chi connectivity index (χ2n) is 22.7. The van der Waals surface area contributed by atoms with Crippen LogP contribution < -0.4 is 14.9 Å². The minimum Gasteiger partial charge on any atom is -0.469 e. The highest BCUT2D eigenvalue weighted by molar-refractivity contribution is 7.99. The summed E-state index contributed by atoms with van der Waals surface area (Å²) in [7, 11) is -13.0. The minimum absolute atomic E-state index is 0.0344. The van der Waals surface area contributed by atoms with Gasteiger partial charge in [-0.05, 0) is 128 Å². The number of carbonyl (C=O) groups is 2. The topological polar surface area (TPSA) is 195 Å². The third-order valence-corrected chi connectivity index (χ3v) is 22.6. The highest BCUT2D eigenvalue weighted by Crippen LogP contribution is 2.44. The zero-order valence-corrected chi connectivity index (χ0v) is 52.4. The number of methoxy groups -OCH3 is 1. The lowest BCUT2D eigenvalue weighted by molar-refractivity contribution is -0.140. The molecule has 1 amide bonds. The number of allylic oxidation sites excluding steroid dienone is 1. The number of sulfonamides is 2. The fraction of sp³-hybridized carbons (Fsp3) is 0.533. The van der Waals surface area contributed by atoms with E-state index in [2.05, 4.69) is 44.0 Å². The van der Waals surface area contributed by atoms with E-state index in [-0.39, 0.29) is 22.7 Å². The van der Waals surface area contributed by atoms with E-state index < -0.39 is 62.8 Å². The van der Waals surface area contributed by atoms with Crippen molar-refractivity contribution in [3.63, 3.8) is 0 Å². The lowest BCUT2D eigenvalue weighted by Crippen LogP contribution is -2.52. The Labute approximate surface area is 509 Å². The molecule has 0 unspecified atom stereocenters. The van der Waals surface area contributed by atoms with E-state index in [4.69, 9.17) is 21.1 Å². The van der Waals surface area contributed by atoms with E-state index >= 15 is 0 Å². The number of amides is 1. The minimum atomic E-state index is -6.10. The zero-order chi connectivity index (χ0) is 60.8. The molecule has 85 heavy (non-hydrogen) atoms. The Balaban J connectivity index is 0.874. The van der Waals surface area contributed by atoms with Crippen LogP contribution in [0, 0.1) is 5.41 Å².